The number of carbonyl (C=O) groups excluding carboxylic acids is 1. The quantitative estimate of drug-likeness (QED) is 0.780. The smallest absolute Gasteiger partial charge is 0.319 e. The number of urea groups is 1. The Hall–Kier alpha value is -1.20. The molecule has 1 saturated carbocycles. The van der Waals surface area contributed by atoms with Crippen LogP contribution < -0.4 is 10.6 Å². The van der Waals surface area contributed by atoms with Crippen molar-refractivity contribution in [2.75, 3.05) is 11.1 Å². The van der Waals surface area contributed by atoms with Crippen LogP contribution in [0.25, 0.3) is 0 Å². The van der Waals surface area contributed by atoms with Crippen molar-refractivity contribution in [3.63, 3.8) is 0 Å². The summed E-state index contributed by atoms with van der Waals surface area (Å²) in [6.07, 6.45) is 2.95. The Morgan fingerprint density at radius 1 is 1.38 bits per heavy atom. The lowest BCUT2D eigenvalue weighted by Gasteiger charge is -2.20. The van der Waals surface area contributed by atoms with E-state index in [9.17, 15) is 9.90 Å². The summed E-state index contributed by atoms with van der Waals surface area (Å²) in [5.74, 6) is 1.09. The number of nitrogens with one attached hydrogen (secondary N) is 2. The predicted octanol–water partition coefficient (Wildman–Crippen LogP) is 3.54. The summed E-state index contributed by atoms with van der Waals surface area (Å²) in [5, 5.41) is 15.9. The summed E-state index contributed by atoms with van der Waals surface area (Å²) in [4.78, 5) is 12.1. The Morgan fingerprint density at radius 2 is 2.10 bits per heavy atom. The van der Waals surface area contributed by atoms with Crippen molar-refractivity contribution in [3.8, 4) is 0 Å². The molecule has 1 aliphatic carbocycles. The summed E-state index contributed by atoms with van der Waals surface area (Å²) in [6.45, 7) is 3.88. The summed E-state index contributed by atoms with van der Waals surface area (Å²) in [6, 6.07) is 7.40. The van der Waals surface area contributed by atoms with Gasteiger partial charge in [0.2, 0.25) is 0 Å². The summed E-state index contributed by atoms with van der Waals surface area (Å²) in [7, 11) is 0. The van der Waals surface area contributed by atoms with Gasteiger partial charge in [0.05, 0.1) is 6.10 Å². The molecule has 1 aliphatic rings. The van der Waals surface area contributed by atoms with E-state index in [2.05, 4.69) is 17.6 Å². The van der Waals surface area contributed by atoms with Crippen LogP contribution in [0.3, 0.4) is 0 Å². The number of hydrogen-bond donors (Lipinski definition) is 3. The average Bonchev–Trinajstić information content (AvgIpc) is 2.87. The van der Waals surface area contributed by atoms with Gasteiger partial charge in [0.25, 0.3) is 0 Å². The number of thioether (sulfide) groups is 1. The molecule has 1 aromatic rings. The molecule has 1 fully saturated rings. The van der Waals surface area contributed by atoms with Crippen molar-refractivity contribution in [2.24, 2.45) is 0 Å². The van der Waals surface area contributed by atoms with E-state index in [1.807, 2.05) is 36.0 Å². The molecule has 3 atom stereocenters. The molecule has 0 radical (unpaired) electrons. The van der Waals surface area contributed by atoms with Gasteiger partial charge in [0.15, 0.2) is 0 Å². The van der Waals surface area contributed by atoms with E-state index < -0.39 is 6.10 Å². The normalized spacial score (nSPS) is 22.8. The maximum absolute atomic E-state index is 12.1. The number of aliphatic hydroxyl groups is 1. The third kappa shape index (κ3) is 4.64. The zero-order chi connectivity index (χ0) is 15.2. The number of amides is 2. The number of carbonyl (C=O) groups is 1. The van der Waals surface area contributed by atoms with Gasteiger partial charge in [-0.05, 0) is 43.2 Å². The van der Waals surface area contributed by atoms with Gasteiger partial charge in [-0.3, -0.25) is 0 Å². The molecule has 0 spiro atoms. The predicted molar refractivity (Wildman–Crippen MR) is 88.8 cm³/mol. The van der Waals surface area contributed by atoms with Crippen LogP contribution in [-0.4, -0.2) is 28.2 Å². The van der Waals surface area contributed by atoms with Crippen molar-refractivity contribution in [3.05, 3.63) is 29.8 Å². The fourth-order valence-electron chi connectivity index (χ4n) is 2.69. The zero-order valence-corrected chi connectivity index (χ0v) is 13.5. The molecule has 5 heteroatoms. The second-order valence-electron chi connectivity index (χ2n) is 5.43. The van der Waals surface area contributed by atoms with Crippen LogP contribution in [-0.2, 0) is 0 Å². The maximum atomic E-state index is 12.1. The topological polar surface area (TPSA) is 61.4 Å². The first-order chi connectivity index (χ1) is 10.1. The Bertz CT molecular complexity index is 462. The summed E-state index contributed by atoms with van der Waals surface area (Å²) >= 11 is 1.93. The minimum atomic E-state index is -0.488. The Labute approximate surface area is 130 Å². The van der Waals surface area contributed by atoms with E-state index in [0.29, 0.717) is 5.25 Å². The van der Waals surface area contributed by atoms with E-state index >= 15 is 0 Å². The van der Waals surface area contributed by atoms with Crippen LogP contribution in [0.2, 0.25) is 0 Å². The molecule has 0 aromatic heterocycles. The zero-order valence-electron chi connectivity index (χ0n) is 12.6. The standard InChI is InChI=1S/C16H24N2O2S/c1-3-21-15-6-4-5-14(15)18-16(20)17-13-9-7-12(8-10-13)11(2)19/h7-11,14-15,19H,3-6H2,1-2H3,(H2,17,18,20). The highest BCUT2D eigenvalue weighted by Gasteiger charge is 2.28. The molecule has 0 bridgehead atoms. The molecular formula is C16H24N2O2S. The molecule has 116 valence electrons. The van der Waals surface area contributed by atoms with Crippen molar-refractivity contribution < 1.29 is 9.90 Å². The highest BCUT2D eigenvalue weighted by molar-refractivity contribution is 7.99. The van der Waals surface area contributed by atoms with Gasteiger partial charge in [-0.1, -0.05) is 25.5 Å². The van der Waals surface area contributed by atoms with Crippen LogP contribution in [0.1, 0.15) is 44.8 Å². The monoisotopic (exact) mass is 308 g/mol. The molecule has 2 amide bonds. The Morgan fingerprint density at radius 3 is 2.71 bits per heavy atom. The highest BCUT2D eigenvalue weighted by atomic mass is 32.2. The minimum Gasteiger partial charge on any atom is -0.389 e. The maximum Gasteiger partial charge on any atom is 0.319 e. The minimum absolute atomic E-state index is 0.145. The number of rotatable bonds is 5. The van der Waals surface area contributed by atoms with Gasteiger partial charge in [-0.15, -0.1) is 0 Å². The number of benzene rings is 1. The van der Waals surface area contributed by atoms with E-state index in [1.54, 1.807) is 6.92 Å². The van der Waals surface area contributed by atoms with Gasteiger partial charge < -0.3 is 15.7 Å². The van der Waals surface area contributed by atoms with Crippen molar-refractivity contribution in [2.45, 2.75) is 50.5 Å². The molecule has 3 N–H and O–H groups in total. The van der Waals surface area contributed by atoms with Crippen LogP contribution in [0.5, 0.6) is 0 Å². The van der Waals surface area contributed by atoms with Gasteiger partial charge in [0, 0.05) is 17.0 Å². The molecule has 21 heavy (non-hydrogen) atoms. The summed E-state index contributed by atoms with van der Waals surface area (Å²) < 4.78 is 0. The first-order valence-electron chi connectivity index (χ1n) is 7.57. The van der Waals surface area contributed by atoms with Gasteiger partial charge >= 0.3 is 6.03 Å². The molecule has 0 heterocycles. The highest BCUT2D eigenvalue weighted by Crippen LogP contribution is 2.29. The first kappa shape index (κ1) is 16.2. The van der Waals surface area contributed by atoms with Crippen LogP contribution >= 0.6 is 11.8 Å². The second-order valence-corrected chi connectivity index (χ2v) is 6.94. The molecule has 3 unspecified atom stereocenters. The third-order valence-electron chi connectivity index (χ3n) is 3.80. The lowest BCUT2D eigenvalue weighted by molar-refractivity contribution is 0.199. The summed E-state index contributed by atoms with van der Waals surface area (Å²) in [5.41, 5.74) is 1.59. The fraction of sp³-hybridized carbons (Fsp3) is 0.562. The Kier molecular flexibility index (Phi) is 5.94. The molecule has 0 saturated heterocycles. The lowest BCUT2D eigenvalue weighted by atomic mass is 10.1. The van der Waals surface area contributed by atoms with Crippen LogP contribution in [0, 0.1) is 0 Å². The number of anilines is 1. The molecule has 2 rings (SSSR count). The van der Waals surface area contributed by atoms with Crippen LogP contribution in [0.15, 0.2) is 24.3 Å². The first-order valence-corrected chi connectivity index (χ1v) is 8.62. The Balaban J connectivity index is 1.86. The van der Waals surface area contributed by atoms with Crippen LogP contribution in [0.4, 0.5) is 10.5 Å². The van der Waals surface area contributed by atoms with E-state index in [-0.39, 0.29) is 12.1 Å². The lowest BCUT2D eigenvalue weighted by Crippen LogP contribution is -2.41. The molecule has 1 aromatic carbocycles. The van der Waals surface area contributed by atoms with Gasteiger partial charge in [-0.25, -0.2) is 4.79 Å². The van der Waals surface area contributed by atoms with E-state index in [0.717, 1.165) is 23.4 Å². The molecule has 4 nitrogen and oxygen atoms in total. The number of aliphatic hydroxyl groups excluding tert-OH is 1. The van der Waals surface area contributed by atoms with Crippen molar-refractivity contribution >= 4 is 23.5 Å². The fourth-order valence-corrected chi connectivity index (χ4v) is 3.88. The van der Waals surface area contributed by atoms with Crippen molar-refractivity contribution in [1.82, 2.24) is 5.32 Å². The van der Waals surface area contributed by atoms with Crippen molar-refractivity contribution in [1.29, 1.82) is 0 Å². The second kappa shape index (κ2) is 7.71. The SMILES string of the molecule is CCSC1CCCC1NC(=O)Nc1ccc(C(C)O)cc1. The molecule has 0 aliphatic heterocycles. The third-order valence-corrected chi connectivity index (χ3v) is 5.13. The van der Waals surface area contributed by atoms with E-state index in [4.69, 9.17) is 0 Å². The average molecular weight is 308 g/mol. The number of hydrogen-bond acceptors (Lipinski definition) is 3. The van der Waals surface area contributed by atoms with Gasteiger partial charge in [0.1, 0.15) is 0 Å². The molecular weight excluding hydrogens is 284 g/mol. The van der Waals surface area contributed by atoms with Gasteiger partial charge in [-0.2, -0.15) is 11.8 Å². The van der Waals surface area contributed by atoms with E-state index in [1.165, 1.54) is 12.8 Å². The largest absolute Gasteiger partial charge is 0.389 e.